The number of aryl methyl sites for hydroxylation is 1. The predicted octanol–water partition coefficient (Wildman–Crippen LogP) is 3.52. The van der Waals surface area contributed by atoms with Gasteiger partial charge >= 0.3 is 0 Å². The molecule has 0 spiro atoms. The summed E-state index contributed by atoms with van der Waals surface area (Å²) in [5.41, 5.74) is 4.35. The molecule has 0 unspecified atom stereocenters. The van der Waals surface area contributed by atoms with Gasteiger partial charge in [0.05, 0.1) is 24.7 Å². The van der Waals surface area contributed by atoms with Gasteiger partial charge in [0.2, 0.25) is 5.91 Å². The quantitative estimate of drug-likeness (QED) is 0.551. The summed E-state index contributed by atoms with van der Waals surface area (Å²) in [6.45, 7) is 1.93. The van der Waals surface area contributed by atoms with E-state index in [0.29, 0.717) is 23.9 Å². The SMILES string of the molecule is COc1cccc(-c2cnnc(-n3nc(C)c4c3NC(=O)C[C@H]4c3ccccc3)n2)c1. The van der Waals surface area contributed by atoms with Crippen LogP contribution in [0.5, 0.6) is 5.75 Å². The minimum atomic E-state index is -0.0757. The van der Waals surface area contributed by atoms with Crippen LogP contribution >= 0.6 is 0 Å². The summed E-state index contributed by atoms with van der Waals surface area (Å²) in [7, 11) is 1.62. The number of ether oxygens (including phenoxy) is 1. The van der Waals surface area contributed by atoms with Crippen molar-refractivity contribution in [2.45, 2.75) is 19.3 Å². The number of fused-ring (bicyclic) bond motifs is 1. The van der Waals surface area contributed by atoms with Gasteiger partial charge in [-0.25, -0.2) is 4.98 Å². The Balaban J connectivity index is 1.61. The van der Waals surface area contributed by atoms with Crippen LogP contribution in [0.3, 0.4) is 0 Å². The molecule has 154 valence electrons. The van der Waals surface area contributed by atoms with Crippen LogP contribution in [0, 0.1) is 6.92 Å². The monoisotopic (exact) mass is 412 g/mol. The lowest BCUT2D eigenvalue weighted by molar-refractivity contribution is -0.116. The van der Waals surface area contributed by atoms with Gasteiger partial charge in [-0.3, -0.25) is 4.79 Å². The second-order valence-electron chi connectivity index (χ2n) is 7.35. The van der Waals surface area contributed by atoms with Gasteiger partial charge in [0.25, 0.3) is 5.95 Å². The molecule has 5 rings (SSSR count). The number of hydrogen-bond acceptors (Lipinski definition) is 6. The number of hydrogen-bond donors (Lipinski definition) is 1. The number of nitrogens with one attached hydrogen (secondary N) is 1. The van der Waals surface area contributed by atoms with Crippen LogP contribution in [-0.2, 0) is 4.79 Å². The fourth-order valence-corrected chi connectivity index (χ4v) is 3.97. The Hall–Kier alpha value is -4.07. The number of carbonyl (C=O) groups excluding carboxylic acids is 1. The van der Waals surface area contributed by atoms with E-state index in [4.69, 9.17) is 4.74 Å². The van der Waals surface area contributed by atoms with Crippen molar-refractivity contribution in [3.05, 3.63) is 77.6 Å². The summed E-state index contributed by atoms with van der Waals surface area (Å²) in [5.74, 6) is 1.46. The molecule has 4 aromatic rings. The van der Waals surface area contributed by atoms with Gasteiger partial charge in [-0.1, -0.05) is 42.5 Å². The molecule has 0 aliphatic carbocycles. The van der Waals surface area contributed by atoms with E-state index in [9.17, 15) is 4.79 Å². The molecule has 8 heteroatoms. The average molecular weight is 412 g/mol. The molecule has 1 aliphatic rings. The van der Waals surface area contributed by atoms with E-state index in [1.54, 1.807) is 18.0 Å². The van der Waals surface area contributed by atoms with Crippen LogP contribution in [0.1, 0.15) is 29.2 Å². The molecule has 0 bridgehead atoms. The topological polar surface area (TPSA) is 94.8 Å². The Morgan fingerprint density at radius 3 is 2.77 bits per heavy atom. The average Bonchev–Trinajstić information content (AvgIpc) is 3.15. The minimum absolute atomic E-state index is 0.0700. The van der Waals surface area contributed by atoms with Crippen LogP contribution in [0.15, 0.2) is 60.8 Å². The first-order valence-electron chi connectivity index (χ1n) is 9.93. The first-order valence-corrected chi connectivity index (χ1v) is 9.93. The highest BCUT2D eigenvalue weighted by Crippen LogP contribution is 2.39. The predicted molar refractivity (Wildman–Crippen MR) is 115 cm³/mol. The van der Waals surface area contributed by atoms with Gasteiger partial charge in [-0.2, -0.15) is 14.9 Å². The van der Waals surface area contributed by atoms with E-state index >= 15 is 0 Å². The van der Waals surface area contributed by atoms with Crippen LogP contribution in [0.25, 0.3) is 17.2 Å². The van der Waals surface area contributed by atoms with Gasteiger partial charge in [0.1, 0.15) is 11.6 Å². The van der Waals surface area contributed by atoms with Crippen LogP contribution < -0.4 is 10.1 Å². The molecule has 2 aromatic carbocycles. The van der Waals surface area contributed by atoms with E-state index in [2.05, 4.69) is 25.6 Å². The highest BCUT2D eigenvalue weighted by Gasteiger charge is 2.33. The Labute approximate surface area is 178 Å². The van der Waals surface area contributed by atoms with E-state index < -0.39 is 0 Å². The molecule has 0 radical (unpaired) electrons. The maximum Gasteiger partial charge on any atom is 0.272 e. The first-order chi connectivity index (χ1) is 15.1. The van der Waals surface area contributed by atoms with Crippen molar-refractivity contribution in [3.63, 3.8) is 0 Å². The van der Waals surface area contributed by atoms with Crippen molar-refractivity contribution < 1.29 is 9.53 Å². The molecule has 0 saturated carbocycles. The molecule has 1 amide bonds. The maximum absolute atomic E-state index is 12.5. The van der Waals surface area contributed by atoms with Gasteiger partial charge < -0.3 is 10.1 Å². The summed E-state index contributed by atoms with van der Waals surface area (Å²) in [5, 5.41) is 15.9. The number of aromatic nitrogens is 5. The fraction of sp³-hybridized carbons (Fsp3) is 0.174. The van der Waals surface area contributed by atoms with E-state index in [1.165, 1.54) is 0 Å². The number of carbonyl (C=O) groups is 1. The molecule has 1 N–H and O–H groups in total. The molecule has 2 aromatic heterocycles. The van der Waals surface area contributed by atoms with Crippen LogP contribution in [-0.4, -0.2) is 38.0 Å². The van der Waals surface area contributed by atoms with Crippen molar-refractivity contribution in [2.24, 2.45) is 0 Å². The van der Waals surface area contributed by atoms with Crippen molar-refractivity contribution in [1.82, 2.24) is 25.0 Å². The van der Waals surface area contributed by atoms with Crippen molar-refractivity contribution >= 4 is 11.7 Å². The number of methoxy groups -OCH3 is 1. The summed E-state index contributed by atoms with van der Waals surface area (Å²) in [4.78, 5) is 17.2. The third kappa shape index (κ3) is 3.42. The molecule has 0 fully saturated rings. The summed E-state index contributed by atoms with van der Waals surface area (Å²) in [6.07, 6.45) is 1.96. The molecular formula is C23H20N6O2. The Morgan fingerprint density at radius 2 is 1.97 bits per heavy atom. The summed E-state index contributed by atoms with van der Waals surface area (Å²) < 4.78 is 6.87. The lowest BCUT2D eigenvalue weighted by Crippen LogP contribution is -2.25. The zero-order chi connectivity index (χ0) is 21.4. The van der Waals surface area contributed by atoms with Crippen molar-refractivity contribution in [2.75, 3.05) is 12.4 Å². The number of anilines is 1. The second kappa shape index (κ2) is 7.64. The third-order valence-corrected chi connectivity index (χ3v) is 5.41. The minimum Gasteiger partial charge on any atom is -0.497 e. The van der Waals surface area contributed by atoms with Crippen molar-refractivity contribution in [1.29, 1.82) is 0 Å². The molecule has 0 saturated heterocycles. The Kier molecular flexibility index (Phi) is 4.66. The number of benzene rings is 2. The Bertz CT molecular complexity index is 1270. The second-order valence-corrected chi connectivity index (χ2v) is 7.35. The van der Waals surface area contributed by atoms with Crippen molar-refractivity contribution in [3.8, 4) is 23.0 Å². The standard InChI is InChI=1S/C23H20N6O2/c1-14-21-18(15-7-4-3-5-8-15)12-20(30)26-22(21)29(28-14)23-25-19(13-24-27-23)16-9-6-10-17(11-16)31-2/h3-11,13,18H,12H2,1-2H3,(H,26,30)/t18-/m0/s1. The molecule has 1 atom stereocenters. The molecule has 1 aliphatic heterocycles. The van der Waals surface area contributed by atoms with Gasteiger partial charge in [-0.05, 0) is 24.6 Å². The first kappa shape index (κ1) is 18.9. The van der Waals surface area contributed by atoms with E-state index in [-0.39, 0.29) is 11.8 Å². The van der Waals surface area contributed by atoms with E-state index in [1.807, 2.05) is 61.5 Å². The molecule has 31 heavy (non-hydrogen) atoms. The summed E-state index contributed by atoms with van der Waals surface area (Å²) >= 11 is 0. The largest absolute Gasteiger partial charge is 0.497 e. The number of rotatable bonds is 4. The van der Waals surface area contributed by atoms with Crippen LogP contribution in [0.2, 0.25) is 0 Å². The number of amides is 1. The lowest BCUT2D eigenvalue weighted by atomic mass is 9.86. The summed E-state index contributed by atoms with van der Waals surface area (Å²) in [6, 6.07) is 17.5. The molecule has 3 heterocycles. The van der Waals surface area contributed by atoms with Gasteiger partial charge in [0.15, 0.2) is 0 Å². The van der Waals surface area contributed by atoms with E-state index in [0.717, 1.165) is 28.1 Å². The smallest absolute Gasteiger partial charge is 0.272 e. The fourth-order valence-electron chi connectivity index (χ4n) is 3.97. The molecule has 8 nitrogen and oxygen atoms in total. The Morgan fingerprint density at radius 1 is 1.13 bits per heavy atom. The third-order valence-electron chi connectivity index (χ3n) is 5.41. The van der Waals surface area contributed by atoms with Gasteiger partial charge in [-0.15, -0.1) is 5.10 Å². The maximum atomic E-state index is 12.5. The normalized spacial score (nSPS) is 15.3. The molecular weight excluding hydrogens is 392 g/mol. The lowest BCUT2D eigenvalue weighted by Gasteiger charge is -2.24. The van der Waals surface area contributed by atoms with Gasteiger partial charge in [0, 0.05) is 23.5 Å². The zero-order valence-corrected chi connectivity index (χ0v) is 17.1. The number of nitrogens with zero attached hydrogens (tertiary/aromatic N) is 5. The highest BCUT2D eigenvalue weighted by molar-refractivity contribution is 5.95. The van der Waals surface area contributed by atoms with Crippen LogP contribution in [0.4, 0.5) is 5.82 Å². The zero-order valence-electron chi connectivity index (χ0n) is 17.1. The highest BCUT2D eigenvalue weighted by atomic mass is 16.5.